The second kappa shape index (κ2) is 11.8. The van der Waals surface area contributed by atoms with Gasteiger partial charge in [0.15, 0.2) is 0 Å². The monoisotopic (exact) mass is 478 g/mol. The van der Waals surface area contributed by atoms with Crippen molar-refractivity contribution in [3.63, 3.8) is 0 Å². The first-order valence-electron chi connectivity index (χ1n) is 12.8. The minimum Gasteiger partial charge on any atom is -0.382 e. The van der Waals surface area contributed by atoms with Crippen molar-refractivity contribution in [2.24, 2.45) is 0 Å². The number of urea groups is 1. The van der Waals surface area contributed by atoms with E-state index in [4.69, 9.17) is 9.47 Å². The third-order valence-electron chi connectivity index (χ3n) is 7.84. The topological polar surface area (TPSA) is 107 Å². The summed E-state index contributed by atoms with van der Waals surface area (Å²) in [5.41, 5.74) is 0. The van der Waals surface area contributed by atoms with Crippen molar-refractivity contribution in [2.45, 2.75) is 94.1 Å². The Morgan fingerprint density at radius 1 is 1.18 bits per heavy atom. The number of nitrogens with one attached hydrogen (secondary N) is 4. The van der Waals surface area contributed by atoms with E-state index in [2.05, 4.69) is 27.8 Å². The highest BCUT2D eigenvalue weighted by atomic mass is 16.5. The van der Waals surface area contributed by atoms with Gasteiger partial charge in [0.1, 0.15) is 12.5 Å². The summed E-state index contributed by atoms with van der Waals surface area (Å²) < 4.78 is 11.0. The summed E-state index contributed by atoms with van der Waals surface area (Å²) >= 11 is 0. The van der Waals surface area contributed by atoms with Crippen LogP contribution in [0, 0.1) is 0 Å². The summed E-state index contributed by atoms with van der Waals surface area (Å²) in [5, 5.41) is 14.0. The van der Waals surface area contributed by atoms with E-state index in [-0.39, 0.29) is 42.5 Å². The van der Waals surface area contributed by atoms with Gasteiger partial charge in [-0.15, -0.1) is 0 Å². The van der Waals surface area contributed by atoms with E-state index in [1.807, 2.05) is 16.8 Å². The molecule has 2 saturated carbocycles. The maximum absolute atomic E-state index is 13.2. The number of carbonyl (C=O) groups excluding carboxylic acids is 2. The van der Waals surface area contributed by atoms with Crippen LogP contribution < -0.4 is 21.3 Å². The number of hydrogen-bond donors (Lipinski definition) is 4. The SMILES string of the molecule is C=CC(=O)NC1CCCC(N2C(=O)N(C)C3CNC(NC4CCC(OCCOC)CC4)NC32)C1. The lowest BCUT2D eigenvalue weighted by Gasteiger charge is -2.43. The molecule has 2 aliphatic carbocycles. The van der Waals surface area contributed by atoms with E-state index in [1.165, 1.54) is 6.08 Å². The van der Waals surface area contributed by atoms with E-state index in [0.29, 0.717) is 25.4 Å². The molecule has 0 bridgehead atoms. The van der Waals surface area contributed by atoms with Gasteiger partial charge in [-0.25, -0.2) is 4.79 Å². The maximum Gasteiger partial charge on any atom is 0.321 e. The fourth-order valence-corrected chi connectivity index (χ4v) is 5.98. The summed E-state index contributed by atoms with van der Waals surface area (Å²) in [5.74, 6) is -0.142. The third kappa shape index (κ3) is 5.91. The van der Waals surface area contributed by atoms with Gasteiger partial charge in [0, 0.05) is 38.8 Å². The van der Waals surface area contributed by atoms with Crippen molar-refractivity contribution in [2.75, 3.05) is 33.9 Å². The van der Waals surface area contributed by atoms with Gasteiger partial charge >= 0.3 is 6.03 Å². The normalized spacial score (nSPS) is 36.3. The van der Waals surface area contributed by atoms with Crippen LogP contribution in [0.4, 0.5) is 4.79 Å². The Hall–Kier alpha value is -1.72. The number of amides is 3. The minimum absolute atomic E-state index is 0.0427. The summed E-state index contributed by atoms with van der Waals surface area (Å²) in [4.78, 5) is 28.9. The Labute approximate surface area is 203 Å². The van der Waals surface area contributed by atoms with E-state index in [0.717, 1.165) is 57.9 Å². The number of likely N-dealkylation sites (N-methyl/N-ethyl adjacent to an activating group) is 1. The highest BCUT2D eigenvalue weighted by molar-refractivity contribution is 5.87. The van der Waals surface area contributed by atoms with Gasteiger partial charge in [0.25, 0.3) is 0 Å². The lowest BCUT2D eigenvalue weighted by Crippen LogP contribution is -2.70. The first-order chi connectivity index (χ1) is 16.5. The Morgan fingerprint density at radius 2 is 1.97 bits per heavy atom. The van der Waals surface area contributed by atoms with E-state index in [1.54, 1.807) is 7.11 Å². The number of ether oxygens (including phenoxy) is 2. The second-order valence-electron chi connectivity index (χ2n) is 10.1. The highest BCUT2D eigenvalue weighted by Gasteiger charge is 2.50. The summed E-state index contributed by atoms with van der Waals surface area (Å²) in [6.07, 6.45) is 9.46. The maximum atomic E-state index is 13.2. The van der Waals surface area contributed by atoms with Gasteiger partial charge in [0.2, 0.25) is 5.91 Å². The van der Waals surface area contributed by atoms with Gasteiger partial charge in [-0.2, -0.15) is 0 Å². The van der Waals surface area contributed by atoms with Crippen molar-refractivity contribution in [3.8, 4) is 0 Å². The number of hydrogen-bond acceptors (Lipinski definition) is 7. The van der Waals surface area contributed by atoms with Crippen molar-refractivity contribution in [1.82, 2.24) is 31.1 Å². The highest BCUT2D eigenvalue weighted by Crippen LogP contribution is 2.32. The van der Waals surface area contributed by atoms with Crippen LogP contribution in [0.15, 0.2) is 12.7 Å². The second-order valence-corrected chi connectivity index (χ2v) is 10.1. The molecule has 0 aromatic rings. The number of rotatable bonds is 9. The first kappa shape index (κ1) is 25.4. The smallest absolute Gasteiger partial charge is 0.321 e. The number of nitrogens with zero attached hydrogens (tertiary/aromatic N) is 2. The van der Waals surface area contributed by atoms with Gasteiger partial charge in [-0.05, 0) is 57.4 Å². The van der Waals surface area contributed by atoms with Crippen LogP contribution in [-0.4, -0.2) is 98.4 Å². The molecular weight excluding hydrogens is 436 g/mol. The van der Waals surface area contributed by atoms with Gasteiger partial charge in [-0.1, -0.05) is 6.58 Å². The molecule has 0 spiro atoms. The fraction of sp³-hybridized carbons (Fsp3) is 0.833. The average Bonchev–Trinajstić information content (AvgIpc) is 3.09. The molecular formula is C24H42N6O4. The molecule has 2 saturated heterocycles. The van der Waals surface area contributed by atoms with Crippen LogP contribution in [0.25, 0.3) is 0 Å². The Kier molecular flexibility index (Phi) is 8.81. The number of methoxy groups -OCH3 is 1. The standard InChI is InChI=1S/C24H42N6O4/c1-4-21(31)26-17-6-5-7-18(14-17)30-22-20(29(2)24(30)32)15-25-23(28-22)27-16-8-10-19(11-9-16)34-13-12-33-3/h4,16-20,22-23,25,27-28H,1,5-15H2,2-3H3,(H,26,31). The lowest BCUT2D eigenvalue weighted by molar-refractivity contribution is -0.117. The van der Waals surface area contributed by atoms with Crippen LogP contribution in [-0.2, 0) is 14.3 Å². The quantitative estimate of drug-likeness (QED) is 0.286. The average molecular weight is 479 g/mol. The summed E-state index contributed by atoms with van der Waals surface area (Å²) in [7, 11) is 3.59. The van der Waals surface area contributed by atoms with Crippen LogP contribution in [0.3, 0.4) is 0 Å². The zero-order valence-electron chi connectivity index (χ0n) is 20.6. The van der Waals surface area contributed by atoms with Crippen molar-refractivity contribution < 1.29 is 19.1 Å². The van der Waals surface area contributed by atoms with Gasteiger partial charge in [0.05, 0.1) is 25.4 Å². The lowest BCUT2D eigenvalue weighted by atomic mass is 9.89. The molecule has 4 fully saturated rings. The molecule has 0 aromatic carbocycles. The molecule has 10 heteroatoms. The van der Waals surface area contributed by atoms with E-state index in [9.17, 15) is 9.59 Å². The van der Waals surface area contributed by atoms with E-state index >= 15 is 0 Å². The Bertz CT molecular complexity index is 716. The molecule has 0 radical (unpaired) electrons. The van der Waals surface area contributed by atoms with Crippen LogP contribution in [0.1, 0.15) is 51.4 Å². The summed E-state index contributed by atoms with van der Waals surface area (Å²) in [6, 6.07) is 0.761. The third-order valence-corrected chi connectivity index (χ3v) is 7.84. The van der Waals surface area contributed by atoms with Crippen molar-refractivity contribution in [3.05, 3.63) is 12.7 Å². The molecule has 4 rings (SSSR count). The summed E-state index contributed by atoms with van der Waals surface area (Å²) in [6.45, 7) is 5.60. The Morgan fingerprint density at radius 3 is 2.71 bits per heavy atom. The molecule has 192 valence electrons. The fourth-order valence-electron chi connectivity index (χ4n) is 5.98. The predicted molar refractivity (Wildman–Crippen MR) is 129 cm³/mol. The molecule has 5 atom stereocenters. The largest absolute Gasteiger partial charge is 0.382 e. The molecule has 0 aromatic heterocycles. The number of carbonyl (C=O) groups is 2. The van der Waals surface area contributed by atoms with Crippen molar-refractivity contribution in [1.29, 1.82) is 0 Å². The molecule has 2 heterocycles. The van der Waals surface area contributed by atoms with Gasteiger partial charge < -0.3 is 24.6 Å². The van der Waals surface area contributed by atoms with E-state index < -0.39 is 0 Å². The van der Waals surface area contributed by atoms with Crippen LogP contribution >= 0.6 is 0 Å². The molecule has 4 N–H and O–H groups in total. The molecule has 5 unspecified atom stereocenters. The molecule has 3 amide bonds. The first-order valence-corrected chi connectivity index (χ1v) is 12.8. The molecule has 4 aliphatic rings. The zero-order valence-corrected chi connectivity index (χ0v) is 20.6. The molecule has 10 nitrogen and oxygen atoms in total. The molecule has 34 heavy (non-hydrogen) atoms. The van der Waals surface area contributed by atoms with Crippen LogP contribution in [0.5, 0.6) is 0 Å². The predicted octanol–water partition coefficient (Wildman–Crippen LogP) is 0.702. The van der Waals surface area contributed by atoms with Crippen LogP contribution in [0.2, 0.25) is 0 Å². The zero-order chi connectivity index (χ0) is 24.1. The number of fused-ring (bicyclic) bond motifs is 1. The Balaban J connectivity index is 1.31. The molecule has 2 aliphatic heterocycles. The van der Waals surface area contributed by atoms with Gasteiger partial charge in [-0.3, -0.25) is 20.7 Å². The minimum atomic E-state index is -0.142. The van der Waals surface area contributed by atoms with Crippen molar-refractivity contribution >= 4 is 11.9 Å².